The predicted molar refractivity (Wildman–Crippen MR) is 84.6 cm³/mol. The number of hydrogen-bond donors (Lipinski definition) is 1. The first-order valence-electron chi connectivity index (χ1n) is 6.97. The van der Waals surface area contributed by atoms with Gasteiger partial charge in [-0.15, -0.1) is 0 Å². The van der Waals surface area contributed by atoms with Gasteiger partial charge in [-0.1, -0.05) is 17.7 Å². The summed E-state index contributed by atoms with van der Waals surface area (Å²) < 4.78 is 7.62. The Morgan fingerprint density at radius 3 is 2.76 bits per heavy atom. The second-order valence-electron chi connectivity index (χ2n) is 5.50. The van der Waals surface area contributed by atoms with Crippen LogP contribution in [-0.2, 0) is 7.05 Å². The number of hydrogen-bond acceptors (Lipinski definition) is 4. The number of anilines is 1. The van der Waals surface area contributed by atoms with Crippen LogP contribution in [0.15, 0.2) is 24.4 Å². The Hall–Kier alpha value is -1.72. The molecular formula is C15H19ClN4O. The van der Waals surface area contributed by atoms with Gasteiger partial charge in [-0.05, 0) is 31.2 Å². The van der Waals surface area contributed by atoms with Crippen molar-refractivity contribution in [1.29, 1.82) is 0 Å². The van der Waals surface area contributed by atoms with E-state index < -0.39 is 0 Å². The summed E-state index contributed by atoms with van der Waals surface area (Å²) in [4.78, 5) is 2.25. The quantitative estimate of drug-likeness (QED) is 0.946. The van der Waals surface area contributed by atoms with Crippen molar-refractivity contribution >= 4 is 17.4 Å². The normalized spacial score (nSPS) is 19.1. The van der Waals surface area contributed by atoms with Crippen molar-refractivity contribution in [3.63, 3.8) is 0 Å². The topological polar surface area (TPSA) is 56.3 Å². The van der Waals surface area contributed by atoms with E-state index in [2.05, 4.69) is 17.0 Å². The summed E-state index contributed by atoms with van der Waals surface area (Å²) in [5.74, 6) is 1.35. The maximum absolute atomic E-state index is 6.35. The van der Waals surface area contributed by atoms with Crippen molar-refractivity contribution in [3.8, 4) is 16.9 Å². The fraction of sp³-hybridized carbons (Fsp3) is 0.400. The van der Waals surface area contributed by atoms with Crippen molar-refractivity contribution < 1.29 is 4.74 Å². The second-order valence-corrected chi connectivity index (χ2v) is 5.91. The van der Waals surface area contributed by atoms with Crippen molar-refractivity contribution in [1.82, 2.24) is 14.7 Å². The number of halogens is 1. The number of benzene rings is 1. The van der Waals surface area contributed by atoms with Crippen LogP contribution in [0.1, 0.15) is 6.42 Å². The van der Waals surface area contributed by atoms with E-state index in [1.807, 2.05) is 25.2 Å². The van der Waals surface area contributed by atoms with E-state index in [4.69, 9.17) is 22.1 Å². The Morgan fingerprint density at radius 2 is 2.19 bits per heavy atom. The number of likely N-dealkylation sites (N-methyl/N-ethyl adjacent to an activating group) is 1. The Labute approximate surface area is 129 Å². The van der Waals surface area contributed by atoms with Gasteiger partial charge in [-0.3, -0.25) is 4.68 Å². The maximum Gasteiger partial charge on any atom is 0.138 e. The molecule has 21 heavy (non-hydrogen) atoms. The van der Waals surface area contributed by atoms with Gasteiger partial charge in [0.2, 0.25) is 0 Å². The third kappa shape index (κ3) is 2.84. The number of nitrogen functional groups attached to an aromatic ring is 1. The minimum atomic E-state index is 0.210. The molecule has 0 bridgehead atoms. The number of nitrogens with zero attached hydrogens (tertiary/aromatic N) is 3. The molecule has 2 N–H and O–H groups in total. The van der Waals surface area contributed by atoms with Crippen LogP contribution in [0.25, 0.3) is 11.1 Å². The molecule has 3 rings (SSSR count). The van der Waals surface area contributed by atoms with Crippen LogP contribution < -0.4 is 10.5 Å². The summed E-state index contributed by atoms with van der Waals surface area (Å²) in [5.41, 5.74) is 7.82. The molecule has 1 aromatic heterocycles. The second kappa shape index (κ2) is 5.58. The van der Waals surface area contributed by atoms with E-state index in [1.54, 1.807) is 10.9 Å². The Bertz CT molecular complexity index is 655. The van der Waals surface area contributed by atoms with Crippen molar-refractivity contribution in [2.24, 2.45) is 7.05 Å². The lowest BCUT2D eigenvalue weighted by atomic mass is 10.1. The van der Waals surface area contributed by atoms with Gasteiger partial charge >= 0.3 is 0 Å². The summed E-state index contributed by atoms with van der Waals surface area (Å²) in [6.45, 7) is 2.00. The van der Waals surface area contributed by atoms with Gasteiger partial charge in [0.05, 0.1) is 11.2 Å². The van der Waals surface area contributed by atoms with Gasteiger partial charge in [0.25, 0.3) is 0 Å². The molecular weight excluding hydrogens is 288 g/mol. The maximum atomic E-state index is 6.35. The van der Waals surface area contributed by atoms with E-state index in [0.717, 1.165) is 36.4 Å². The predicted octanol–water partition coefficient (Wildman–Crippen LogP) is 2.41. The van der Waals surface area contributed by atoms with Gasteiger partial charge in [-0.25, -0.2) is 0 Å². The first-order chi connectivity index (χ1) is 10.0. The number of nitrogens with two attached hydrogens (primary N) is 1. The molecule has 6 heteroatoms. The van der Waals surface area contributed by atoms with E-state index in [9.17, 15) is 0 Å². The number of aryl methyl sites for hydroxylation is 1. The highest BCUT2D eigenvalue weighted by Crippen LogP contribution is 2.33. The van der Waals surface area contributed by atoms with Gasteiger partial charge in [-0.2, -0.15) is 5.10 Å². The number of likely N-dealkylation sites (tertiary alicyclic amines) is 1. The zero-order chi connectivity index (χ0) is 15.0. The number of aromatic nitrogens is 2. The molecule has 0 aliphatic carbocycles. The SMILES string of the molecule is CN1CCC(Oc2ccc(-c3cnn(C)c3N)cc2Cl)C1. The van der Waals surface area contributed by atoms with Crippen LogP contribution in [0.3, 0.4) is 0 Å². The lowest BCUT2D eigenvalue weighted by molar-refractivity contribution is 0.208. The Kier molecular flexibility index (Phi) is 3.78. The Morgan fingerprint density at radius 1 is 1.38 bits per heavy atom. The highest BCUT2D eigenvalue weighted by molar-refractivity contribution is 6.32. The van der Waals surface area contributed by atoms with Gasteiger partial charge in [0, 0.05) is 25.7 Å². The molecule has 1 unspecified atom stereocenters. The highest BCUT2D eigenvalue weighted by atomic mass is 35.5. The summed E-state index contributed by atoms with van der Waals surface area (Å²) in [6.07, 6.45) is 2.99. The summed E-state index contributed by atoms with van der Waals surface area (Å²) in [6, 6.07) is 5.75. The van der Waals surface area contributed by atoms with Crippen LogP contribution in [0.5, 0.6) is 5.75 Å². The van der Waals surface area contributed by atoms with E-state index in [0.29, 0.717) is 10.8 Å². The molecule has 0 amide bonds. The smallest absolute Gasteiger partial charge is 0.138 e. The first kappa shape index (κ1) is 14.2. The summed E-state index contributed by atoms with van der Waals surface area (Å²) >= 11 is 6.35. The molecule has 112 valence electrons. The fourth-order valence-corrected chi connectivity index (χ4v) is 2.83. The molecule has 1 aromatic carbocycles. The van der Waals surface area contributed by atoms with Crippen LogP contribution in [0, 0.1) is 0 Å². The monoisotopic (exact) mass is 306 g/mol. The molecule has 5 nitrogen and oxygen atoms in total. The van der Waals surface area contributed by atoms with Crippen LogP contribution in [-0.4, -0.2) is 40.9 Å². The molecule has 1 atom stereocenters. The van der Waals surface area contributed by atoms with Crippen molar-refractivity contribution in [3.05, 3.63) is 29.4 Å². The lowest BCUT2D eigenvalue weighted by Gasteiger charge is -2.15. The van der Waals surface area contributed by atoms with Crippen LogP contribution >= 0.6 is 11.6 Å². The van der Waals surface area contributed by atoms with Crippen molar-refractivity contribution in [2.75, 3.05) is 25.9 Å². The highest BCUT2D eigenvalue weighted by Gasteiger charge is 2.22. The average molecular weight is 307 g/mol. The summed E-state index contributed by atoms with van der Waals surface area (Å²) in [7, 11) is 3.91. The third-order valence-electron chi connectivity index (χ3n) is 3.87. The number of ether oxygens (including phenoxy) is 1. The molecule has 1 aliphatic heterocycles. The third-order valence-corrected chi connectivity index (χ3v) is 4.16. The minimum absolute atomic E-state index is 0.210. The van der Waals surface area contributed by atoms with Crippen molar-refractivity contribution in [2.45, 2.75) is 12.5 Å². The lowest BCUT2D eigenvalue weighted by Crippen LogP contribution is -2.21. The molecule has 0 radical (unpaired) electrons. The van der Waals surface area contributed by atoms with Gasteiger partial charge < -0.3 is 15.4 Å². The fourth-order valence-electron chi connectivity index (χ4n) is 2.60. The van der Waals surface area contributed by atoms with Gasteiger partial charge in [0.1, 0.15) is 17.7 Å². The molecule has 0 saturated carbocycles. The Balaban J connectivity index is 1.81. The van der Waals surface area contributed by atoms with Crippen LogP contribution in [0.2, 0.25) is 5.02 Å². The number of rotatable bonds is 3. The molecule has 1 aliphatic rings. The molecule has 1 fully saturated rings. The standard InChI is InChI=1S/C15H19ClN4O/c1-19-6-5-11(9-19)21-14-4-3-10(7-13(14)16)12-8-18-20(2)15(12)17/h3-4,7-8,11H,5-6,9,17H2,1-2H3. The zero-order valence-corrected chi connectivity index (χ0v) is 13.0. The zero-order valence-electron chi connectivity index (χ0n) is 12.2. The summed E-state index contributed by atoms with van der Waals surface area (Å²) in [5, 5.41) is 4.75. The first-order valence-corrected chi connectivity index (χ1v) is 7.35. The minimum Gasteiger partial charge on any atom is -0.487 e. The van der Waals surface area contributed by atoms with E-state index >= 15 is 0 Å². The van der Waals surface area contributed by atoms with Crippen LogP contribution in [0.4, 0.5) is 5.82 Å². The average Bonchev–Trinajstić information content (AvgIpc) is 3.00. The molecule has 2 heterocycles. The molecule has 1 saturated heterocycles. The molecule has 2 aromatic rings. The molecule has 0 spiro atoms. The van der Waals surface area contributed by atoms with Gasteiger partial charge in [0.15, 0.2) is 0 Å². The largest absolute Gasteiger partial charge is 0.487 e. The van der Waals surface area contributed by atoms with E-state index in [1.165, 1.54) is 0 Å². The van der Waals surface area contributed by atoms with E-state index in [-0.39, 0.29) is 6.10 Å².